The second-order valence-corrected chi connectivity index (χ2v) is 7.62. The second-order valence-electron chi connectivity index (χ2n) is 7.62. The number of likely N-dealkylation sites (tertiary alicyclic amines) is 1. The molecule has 0 N–H and O–H groups in total. The van der Waals surface area contributed by atoms with Gasteiger partial charge in [0.2, 0.25) is 0 Å². The summed E-state index contributed by atoms with van der Waals surface area (Å²) in [5.41, 5.74) is -0.646. The second kappa shape index (κ2) is 7.47. The van der Waals surface area contributed by atoms with Gasteiger partial charge in [-0.2, -0.15) is 0 Å². The van der Waals surface area contributed by atoms with Crippen molar-refractivity contribution < 1.29 is 23.8 Å². The number of amides is 1. The molecule has 2 aromatic rings. The molecular weight excluding hydrogens is 346 g/mol. The molecule has 1 saturated heterocycles. The normalized spacial score (nSPS) is 19.8. The van der Waals surface area contributed by atoms with Gasteiger partial charge in [-0.05, 0) is 32.2 Å². The highest BCUT2D eigenvalue weighted by atomic mass is 16.6. The molecule has 1 aliphatic rings. The number of carbonyl (C=O) groups excluding carboxylic acids is 2. The first-order valence-corrected chi connectivity index (χ1v) is 9.00. The van der Waals surface area contributed by atoms with E-state index in [9.17, 15) is 9.59 Å². The van der Waals surface area contributed by atoms with E-state index in [1.807, 2.05) is 42.5 Å². The minimum atomic E-state index is -0.718. The molecule has 27 heavy (non-hydrogen) atoms. The van der Waals surface area contributed by atoms with Crippen LogP contribution in [0.2, 0.25) is 0 Å². The molecule has 2 aromatic carbocycles. The fourth-order valence-electron chi connectivity index (χ4n) is 3.24. The topological polar surface area (TPSA) is 65.1 Å². The molecule has 0 aromatic heterocycles. The first-order chi connectivity index (χ1) is 12.8. The number of carbonyl (C=O) groups is 2. The Hall–Kier alpha value is -2.76. The number of fused-ring (bicyclic) bond motifs is 1. The lowest BCUT2D eigenvalue weighted by Gasteiger charge is -2.27. The number of rotatable bonds is 3. The number of esters is 1. The zero-order valence-electron chi connectivity index (χ0n) is 16.1. The van der Waals surface area contributed by atoms with Crippen LogP contribution < -0.4 is 4.74 Å². The number of methoxy groups -OCH3 is 1. The van der Waals surface area contributed by atoms with Crippen molar-refractivity contribution in [3.8, 4) is 5.75 Å². The highest BCUT2D eigenvalue weighted by Gasteiger charge is 2.43. The van der Waals surface area contributed by atoms with Gasteiger partial charge in [0.05, 0.1) is 13.7 Å². The van der Waals surface area contributed by atoms with Crippen LogP contribution in [0.1, 0.15) is 27.2 Å². The van der Waals surface area contributed by atoms with Crippen LogP contribution >= 0.6 is 0 Å². The van der Waals surface area contributed by atoms with Gasteiger partial charge < -0.3 is 14.2 Å². The summed E-state index contributed by atoms with van der Waals surface area (Å²) >= 11 is 0. The highest BCUT2D eigenvalue weighted by molar-refractivity contribution is 5.88. The maximum absolute atomic E-state index is 12.5. The van der Waals surface area contributed by atoms with Crippen LogP contribution in [0.25, 0.3) is 10.8 Å². The van der Waals surface area contributed by atoms with Gasteiger partial charge in [-0.1, -0.05) is 36.4 Å². The Morgan fingerprint density at radius 2 is 1.78 bits per heavy atom. The third kappa shape index (κ3) is 4.32. The zero-order chi connectivity index (χ0) is 19.6. The number of nitrogens with zero attached hydrogens (tertiary/aromatic N) is 1. The Morgan fingerprint density at radius 1 is 1.07 bits per heavy atom. The minimum Gasteiger partial charge on any atom is -0.488 e. The van der Waals surface area contributed by atoms with Crippen LogP contribution in [0.5, 0.6) is 5.75 Å². The highest BCUT2D eigenvalue weighted by Crippen LogP contribution is 2.30. The fraction of sp³-hybridized carbons (Fsp3) is 0.429. The van der Waals surface area contributed by atoms with Crippen molar-refractivity contribution in [3.63, 3.8) is 0 Å². The lowest BCUT2D eigenvalue weighted by molar-refractivity contribution is -0.145. The van der Waals surface area contributed by atoms with Crippen molar-refractivity contribution >= 4 is 22.8 Å². The number of hydrogen-bond acceptors (Lipinski definition) is 5. The first kappa shape index (κ1) is 19.0. The molecule has 3 rings (SSSR count). The molecule has 6 nitrogen and oxygen atoms in total. The number of benzene rings is 2. The van der Waals surface area contributed by atoms with Crippen LogP contribution in [0.3, 0.4) is 0 Å². The van der Waals surface area contributed by atoms with E-state index >= 15 is 0 Å². The van der Waals surface area contributed by atoms with Gasteiger partial charge in [0.25, 0.3) is 0 Å². The van der Waals surface area contributed by atoms with E-state index in [1.54, 1.807) is 20.8 Å². The Morgan fingerprint density at radius 3 is 2.48 bits per heavy atom. The van der Waals surface area contributed by atoms with Crippen LogP contribution in [-0.2, 0) is 14.3 Å². The molecule has 0 saturated carbocycles. The molecule has 1 fully saturated rings. The Balaban J connectivity index is 1.81. The van der Waals surface area contributed by atoms with Crippen LogP contribution in [0.15, 0.2) is 42.5 Å². The summed E-state index contributed by atoms with van der Waals surface area (Å²) < 4.78 is 16.5. The molecule has 0 aliphatic carbocycles. The van der Waals surface area contributed by atoms with Gasteiger partial charge in [0.1, 0.15) is 23.5 Å². The summed E-state index contributed by atoms with van der Waals surface area (Å²) in [6.07, 6.45) is -0.510. The van der Waals surface area contributed by atoms with Crippen LogP contribution in [0.4, 0.5) is 4.79 Å². The largest absolute Gasteiger partial charge is 0.488 e. The molecule has 0 bridgehead atoms. The van der Waals surface area contributed by atoms with Crippen molar-refractivity contribution in [1.29, 1.82) is 0 Å². The van der Waals surface area contributed by atoms with E-state index in [1.165, 1.54) is 12.0 Å². The van der Waals surface area contributed by atoms with Crippen molar-refractivity contribution in [2.24, 2.45) is 0 Å². The van der Waals surface area contributed by atoms with Gasteiger partial charge in [-0.25, -0.2) is 9.59 Å². The molecule has 6 heteroatoms. The average Bonchev–Trinajstić information content (AvgIpc) is 3.04. The molecular formula is C21H25NO5. The third-order valence-electron chi connectivity index (χ3n) is 4.41. The fourth-order valence-corrected chi connectivity index (χ4v) is 3.24. The van der Waals surface area contributed by atoms with Gasteiger partial charge in [-0.3, -0.25) is 4.90 Å². The summed E-state index contributed by atoms with van der Waals surface area (Å²) in [6, 6.07) is 13.0. The molecule has 144 valence electrons. The lowest BCUT2D eigenvalue weighted by Crippen LogP contribution is -2.44. The molecule has 1 heterocycles. The smallest absolute Gasteiger partial charge is 0.411 e. The van der Waals surface area contributed by atoms with Crippen LogP contribution in [-0.4, -0.2) is 48.4 Å². The van der Waals surface area contributed by atoms with E-state index in [4.69, 9.17) is 14.2 Å². The third-order valence-corrected chi connectivity index (χ3v) is 4.41. The molecule has 0 spiro atoms. The summed E-state index contributed by atoms with van der Waals surface area (Å²) in [7, 11) is 1.31. The molecule has 1 amide bonds. The van der Waals surface area contributed by atoms with E-state index in [0.717, 1.165) is 16.5 Å². The van der Waals surface area contributed by atoms with Crippen molar-refractivity contribution in [2.75, 3.05) is 13.7 Å². The predicted molar refractivity (Wildman–Crippen MR) is 102 cm³/mol. The van der Waals surface area contributed by atoms with Gasteiger partial charge in [0, 0.05) is 11.8 Å². The molecule has 0 radical (unpaired) electrons. The minimum absolute atomic E-state index is 0.262. The van der Waals surface area contributed by atoms with E-state index in [-0.39, 0.29) is 12.6 Å². The monoisotopic (exact) mass is 371 g/mol. The number of hydrogen-bond donors (Lipinski definition) is 0. The number of ether oxygens (including phenoxy) is 3. The Kier molecular flexibility index (Phi) is 5.26. The van der Waals surface area contributed by atoms with Crippen molar-refractivity contribution in [3.05, 3.63) is 42.5 Å². The summed E-state index contributed by atoms with van der Waals surface area (Å²) in [4.78, 5) is 26.1. The van der Waals surface area contributed by atoms with Crippen molar-refractivity contribution in [2.45, 2.75) is 44.9 Å². The Bertz CT molecular complexity index is 837. The zero-order valence-corrected chi connectivity index (χ0v) is 16.1. The van der Waals surface area contributed by atoms with E-state index < -0.39 is 23.7 Å². The SMILES string of the molecule is COC(=O)[C@H]1C[C@@H](Oc2cccc3ccccc23)CN1C(=O)OC(C)(C)C. The summed E-state index contributed by atoms with van der Waals surface area (Å²) in [5, 5.41) is 2.06. The molecule has 0 unspecified atom stereocenters. The summed E-state index contributed by atoms with van der Waals surface area (Å²) in [6.45, 7) is 5.63. The van der Waals surface area contributed by atoms with E-state index in [2.05, 4.69) is 0 Å². The maximum Gasteiger partial charge on any atom is 0.411 e. The van der Waals surface area contributed by atoms with Gasteiger partial charge >= 0.3 is 12.1 Å². The van der Waals surface area contributed by atoms with Gasteiger partial charge in [-0.15, -0.1) is 0 Å². The quantitative estimate of drug-likeness (QED) is 0.769. The Labute approximate surface area is 159 Å². The summed E-state index contributed by atoms with van der Waals surface area (Å²) in [5.74, 6) is 0.262. The predicted octanol–water partition coefficient (Wildman–Crippen LogP) is 3.77. The first-order valence-electron chi connectivity index (χ1n) is 9.00. The maximum atomic E-state index is 12.5. The average molecular weight is 371 g/mol. The lowest BCUT2D eigenvalue weighted by atomic mass is 10.1. The molecule has 2 atom stereocenters. The molecule has 1 aliphatic heterocycles. The van der Waals surface area contributed by atoms with Crippen LogP contribution in [0, 0.1) is 0 Å². The van der Waals surface area contributed by atoms with Crippen molar-refractivity contribution in [1.82, 2.24) is 4.90 Å². The van der Waals surface area contributed by atoms with Gasteiger partial charge in [0.15, 0.2) is 0 Å². The van der Waals surface area contributed by atoms with E-state index in [0.29, 0.717) is 6.42 Å². The standard InChI is InChI=1S/C21H25NO5/c1-21(2,3)27-20(24)22-13-15(12-17(22)19(23)25-4)26-18-11-7-9-14-8-5-6-10-16(14)18/h5-11,15,17H,12-13H2,1-4H3/t15-,17-/m1/s1.